The van der Waals surface area contributed by atoms with Crippen molar-refractivity contribution in [1.29, 1.82) is 0 Å². The molecule has 5 saturated carbocycles. The third-order valence-corrected chi connectivity index (χ3v) is 13.1. The maximum Gasteiger partial charge on any atom is 0.407 e. The molecular formula is C45H54F2N15O5+. The van der Waals surface area contributed by atoms with Crippen LogP contribution in [-0.4, -0.2) is 104 Å². The van der Waals surface area contributed by atoms with E-state index >= 15 is 8.78 Å². The van der Waals surface area contributed by atoms with E-state index in [1.807, 2.05) is 6.07 Å². The Kier molecular flexibility index (Phi) is 11.2. The lowest BCUT2D eigenvalue weighted by Gasteiger charge is -2.61. The Balaban J connectivity index is 0.939. The fraction of sp³-hybridized carbons (Fsp3) is 0.533. The maximum atomic E-state index is 15.8. The van der Waals surface area contributed by atoms with Crippen LogP contribution in [0.5, 0.6) is 0 Å². The number of methoxy groups -OCH3 is 1. The number of ether oxygens (including phenoxy) is 3. The quantitative estimate of drug-likeness (QED) is 0.0812. The largest absolute Gasteiger partial charge is 0.443 e. The fourth-order valence-electron chi connectivity index (χ4n) is 9.63. The van der Waals surface area contributed by atoms with Gasteiger partial charge in [-0.1, -0.05) is 20.8 Å². The van der Waals surface area contributed by atoms with Gasteiger partial charge in [-0.2, -0.15) is 10.2 Å². The van der Waals surface area contributed by atoms with Gasteiger partial charge in [0.05, 0.1) is 27.9 Å². The number of carbonyl (C=O) groups excluding carboxylic acids is 2. The van der Waals surface area contributed by atoms with Gasteiger partial charge in [0.1, 0.15) is 41.4 Å². The molecule has 67 heavy (non-hydrogen) atoms. The SMILES string of the molecule is COCc1cn2c(Nc3cc([C@H]4CC[C@@H](OC(=O)NC(C)C)[C@H]4F)[nH]n3)nc(C#[N+]n3nc(Nc4nccn5nc(C(C)(C)C)cc45)cc3[C@H]3C[C@@H](F)[C@@H](OC(=O)NC45CC(C4)C5)C3)cc2n1. The highest BCUT2D eigenvalue weighted by Crippen LogP contribution is 2.57. The number of alkyl carbamates (subject to hydrolysis) is 2. The molecule has 0 aliphatic heterocycles. The van der Waals surface area contributed by atoms with Gasteiger partial charge in [0, 0.05) is 78.4 Å². The summed E-state index contributed by atoms with van der Waals surface area (Å²) < 4.78 is 51.3. The molecule has 0 spiro atoms. The predicted molar refractivity (Wildman–Crippen MR) is 240 cm³/mol. The number of H-pyrrole nitrogens is 1. The van der Waals surface area contributed by atoms with Gasteiger partial charge in [-0.25, -0.2) is 37.8 Å². The predicted octanol–water partition coefficient (Wildman–Crippen LogP) is 7.35. The van der Waals surface area contributed by atoms with E-state index in [4.69, 9.17) is 34.4 Å². The second-order valence-electron chi connectivity index (χ2n) is 19.6. The van der Waals surface area contributed by atoms with Crippen LogP contribution < -0.4 is 21.3 Å². The van der Waals surface area contributed by atoms with Crippen LogP contribution >= 0.6 is 0 Å². The number of alkyl halides is 2. The van der Waals surface area contributed by atoms with Gasteiger partial charge in [-0.05, 0) is 75.7 Å². The number of nitrogens with one attached hydrogen (secondary N) is 5. The van der Waals surface area contributed by atoms with E-state index in [2.05, 4.69) is 68.2 Å². The van der Waals surface area contributed by atoms with Crippen molar-refractivity contribution in [3.8, 4) is 6.07 Å². The first-order valence-electron chi connectivity index (χ1n) is 22.7. The molecule has 20 nitrogen and oxygen atoms in total. The molecule has 6 aromatic rings. The van der Waals surface area contributed by atoms with Crippen LogP contribution in [0, 0.1) is 12.0 Å². The lowest BCUT2D eigenvalue weighted by Crippen LogP contribution is -2.68. The zero-order chi connectivity index (χ0) is 46.8. The maximum absolute atomic E-state index is 15.8. The second kappa shape index (κ2) is 17.1. The van der Waals surface area contributed by atoms with E-state index in [1.54, 1.807) is 66.7 Å². The Morgan fingerprint density at radius 3 is 2.55 bits per heavy atom. The number of halogens is 2. The Morgan fingerprint density at radius 2 is 1.81 bits per heavy atom. The third kappa shape index (κ3) is 8.91. The molecule has 2 bridgehead atoms. The Hall–Kier alpha value is -6.89. The molecule has 2 amide bonds. The van der Waals surface area contributed by atoms with Gasteiger partial charge in [0.15, 0.2) is 17.3 Å². The number of hydrogen-bond acceptors (Lipinski definition) is 13. The molecule has 6 atom stereocenters. The highest BCUT2D eigenvalue weighted by molar-refractivity contribution is 5.73. The average molecular weight is 923 g/mol. The molecule has 352 valence electrons. The first-order chi connectivity index (χ1) is 32.1. The summed E-state index contributed by atoms with van der Waals surface area (Å²) in [6.07, 6.45) is 3.17. The summed E-state index contributed by atoms with van der Waals surface area (Å²) in [5.41, 5.74) is 3.67. The number of anilines is 4. The van der Waals surface area contributed by atoms with Crippen molar-refractivity contribution >= 4 is 46.8 Å². The van der Waals surface area contributed by atoms with Crippen molar-refractivity contribution in [2.45, 2.75) is 140 Å². The van der Waals surface area contributed by atoms with E-state index in [0.29, 0.717) is 64.9 Å². The fourth-order valence-corrected chi connectivity index (χ4v) is 9.63. The van der Waals surface area contributed by atoms with Crippen molar-refractivity contribution in [2.24, 2.45) is 5.92 Å². The van der Waals surface area contributed by atoms with Crippen molar-refractivity contribution in [2.75, 3.05) is 17.7 Å². The van der Waals surface area contributed by atoms with Crippen LogP contribution in [0.2, 0.25) is 0 Å². The molecule has 11 rings (SSSR count). The summed E-state index contributed by atoms with van der Waals surface area (Å²) in [5, 5.41) is 29.0. The van der Waals surface area contributed by atoms with Crippen LogP contribution in [0.4, 0.5) is 41.8 Å². The van der Waals surface area contributed by atoms with E-state index in [0.717, 1.165) is 30.5 Å². The molecular weight excluding hydrogens is 869 g/mol. The molecule has 22 heteroatoms. The smallest absolute Gasteiger partial charge is 0.407 e. The van der Waals surface area contributed by atoms with Crippen molar-refractivity contribution in [3.05, 3.63) is 76.3 Å². The number of amides is 2. The zero-order valence-corrected chi connectivity index (χ0v) is 38.1. The van der Waals surface area contributed by atoms with E-state index in [1.165, 1.54) is 4.79 Å². The Morgan fingerprint density at radius 1 is 1.00 bits per heavy atom. The molecule has 0 unspecified atom stereocenters. The summed E-state index contributed by atoms with van der Waals surface area (Å²) in [6, 6.07) is 10.0. The van der Waals surface area contributed by atoms with Crippen LogP contribution in [0.3, 0.4) is 0 Å². The summed E-state index contributed by atoms with van der Waals surface area (Å²) in [7, 11) is 1.57. The Bertz CT molecular complexity index is 2890. The minimum absolute atomic E-state index is 0.0721. The average Bonchev–Trinajstić information content (AvgIpc) is 4.10. The summed E-state index contributed by atoms with van der Waals surface area (Å²) >= 11 is 0. The first kappa shape index (κ1) is 44.0. The van der Waals surface area contributed by atoms with Gasteiger partial charge in [0.25, 0.3) is 5.82 Å². The number of aromatic nitrogens is 10. The van der Waals surface area contributed by atoms with Crippen LogP contribution in [0.25, 0.3) is 16.1 Å². The number of aromatic amines is 1. The van der Waals surface area contributed by atoms with Gasteiger partial charge in [-0.15, -0.1) is 0 Å². The number of rotatable bonds is 12. The summed E-state index contributed by atoms with van der Waals surface area (Å²) in [4.78, 5) is 45.3. The van der Waals surface area contributed by atoms with E-state index < -0.39 is 48.6 Å². The molecule has 6 aromatic heterocycles. The molecule has 5 aliphatic carbocycles. The summed E-state index contributed by atoms with van der Waals surface area (Å²) in [6.45, 7) is 10.1. The topological polar surface area (TPSA) is 221 Å². The minimum Gasteiger partial charge on any atom is -0.443 e. The van der Waals surface area contributed by atoms with E-state index in [9.17, 15) is 9.59 Å². The number of carbonyl (C=O) groups is 2. The van der Waals surface area contributed by atoms with Gasteiger partial charge in [-0.3, -0.25) is 14.8 Å². The summed E-state index contributed by atoms with van der Waals surface area (Å²) in [5.74, 6) is 1.19. The first-order valence-corrected chi connectivity index (χ1v) is 22.7. The standard InChI is InChI=1S/C45H53F2N15O5/c1-23(2)50-42(63)66-33-8-7-28(39(33)47)30-14-36(57-56-30)54-41-52-26(13-38-51-27(22-65-6)21-60(38)41)20-49-62-31(25-11-29(46)34(12-25)67-43(64)55-45-17-24(18-45)19-45)16-37(59-62)53-40-32-15-35(44(3,4)5)58-61(32)10-9-48-40/h9-10,13-16,21,23-25,28-29,33-34,39,51H,7-8,11-12,17-19,22H2,1-6H3,(H3,48,50,53,55,59,63,64)/p+1/t24?,25-,28+,29+,33+,34-,39-,45?/m0/s1. The van der Waals surface area contributed by atoms with E-state index in [-0.39, 0.29) is 42.1 Å². The van der Waals surface area contributed by atoms with Crippen molar-refractivity contribution in [1.82, 2.24) is 59.7 Å². The number of fused-ring (bicyclic) bond motifs is 2. The number of imidazole rings is 1. The Labute approximate surface area is 383 Å². The highest BCUT2D eigenvalue weighted by atomic mass is 19.1. The highest BCUT2D eigenvalue weighted by Gasteiger charge is 2.58. The third-order valence-electron chi connectivity index (χ3n) is 13.1. The normalized spacial score (nSPS) is 25.4. The molecule has 0 aromatic carbocycles. The number of hydrogen-bond donors (Lipinski definition) is 5. The molecule has 0 radical (unpaired) electrons. The van der Waals surface area contributed by atoms with Crippen LogP contribution in [0.1, 0.15) is 120 Å². The molecule has 5 fully saturated rings. The molecule has 5 N–H and O–H groups in total. The van der Waals surface area contributed by atoms with Gasteiger partial charge >= 0.3 is 12.2 Å². The van der Waals surface area contributed by atoms with Crippen LogP contribution in [-0.2, 0) is 26.2 Å². The number of nitrogens with zero attached hydrogens (tertiary/aromatic N) is 10. The van der Waals surface area contributed by atoms with Crippen LogP contribution in [0.15, 0.2) is 42.9 Å². The second-order valence-corrected chi connectivity index (χ2v) is 19.6. The van der Waals surface area contributed by atoms with Gasteiger partial charge < -0.3 is 30.2 Å². The zero-order valence-electron chi connectivity index (χ0n) is 38.1. The lowest BCUT2D eigenvalue weighted by molar-refractivity contribution is -0.0530. The monoisotopic (exact) mass is 922 g/mol. The minimum atomic E-state index is -1.43. The molecule has 0 saturated heterocycles. The van der Waals surface area contributed by atoms with Gasteiger partial charge in [0.2, 0.25) is 12.0 Å². The lowest BCUT2D eigenvalue weighted by atomic mass is 9.50. The van der Waals surface area contributed by atoms with Crippen molar-refractivity contribution < 1.29 is 32.6 Å². The molecule has 6 heterocycles. The molecule has 5 aliphatic rings. The van der Waals surface area contributed by atoms with Crippen molar-refractivity contribution in [3.63, 3.8) is 0 Å².